The van der Waals surface area contributed by atoms with Crippen LogP contribution in [0.5, 0.6) is 0 Å². The van der Waals surface area contributed by atoms with Gasteiger partial charge in [0.25, 0.3) is 0 Å². The average Bonchev–Trinajstić information content (AvgIpc) is 2.77. The molecule has 0 radical (unpaired) electrons. The third-order valence-electron chi connectivity index (χ3n) is 4.34. The van der Waals surface area contributed by atoms with Gasteiger partial charge >= 0.3 is 0 Å². The number of H-pyrrole nitrogens is 1. The van der Waals surface area contributed by atoms with Gasteiger partial charge in [0.1, 0.15) is 0 Å². The largest absolute Gasteiger partial charge is 0.329 e. The molecule has 5 heteroatoms. The van der Waals surface area contributed by atoms with E-state index in [-0.39, 0.29) is 0 Å². The second kappa shape index (κ2) is 6.06. The molecule has 0 amide bonds. The van der Waals surface area contributed by atoms with Crippen LogP contribution < -0.4 is 0 Å². The Kier molecular flexibility index (Phi) is 4.17. The predicted octanol–water partition coefficient (Wildman–Crippen LogP) is 3.36. The van der Waals surface area contributed by atoms with Crippen molar-refractivity contribution in [2.24, 2.45) is 0 Å². The van der Waals surface area contributed by atoms with Crippen LogP contribution in [0.2, 0.25) is 0 Å². The lowest BCUT2D eigenvalue weighted by atomic mass is 10.0. The van der Waals surface area contributed by atoms with Gasteiger partial charge in [-0.3, -0.25) is 4.98 Å². The molecule has 1 atom stereocenters. The van der Waals surface area contributed by atoms with Gasteiger partial charge in [-0.15, -0.1) is 0 Å². The van der Waals surface area contributed by atoms with Crippen LogP contribution in [0.3, 0.4) is 0 Å². The summed E-state index contributed by atoms with van der Waals surface area (Å²) in [5.41, 5.74) is 2.19. The van der Waals surface area contributed by atoms with Gasteiger partial charge in [-0.1, -0.05) is 6.42 Å². The van der Waals surface area contributed by atoms with E-state index in [9.17, 15) is 0 Å². The van der Waals surface area contributed by atoms with Gasteiger partial charge < -0.3 is 14.5 Å². The molecule has 1 saturated heterocycles. The fraction of sp³-hybridized carbons (Fsp3) is 0.600. The summed E-state index contributed by atoms with van der Waals surface area (Å²) >= 11 is 5.41. The molecule has 3 heterocycles. The average molecular weight is 290 g/mol. The van der Waals surface area contributed by atoms with E-state index in [2.05, 4.69) is 26.4 Å². The van der Waals surface area contributed by atoms with Crippen LogP contribution in [0.25, 0.3) is 11.0 Å². The Balaban J connectivity index is 1.65. The van der Waals surface area contributed by atoms with Crippen molar-refractivity contribution in [3.8, 4) is 0 Å². The van der Waals surface area contributed by atoms with Crippen molar-refractivity contribution in [3.63, 3.8) is 0 Å². The first-order chi connectivity index (χ1) is 9.75. The smallest absolute Gasteiger partial charge is 0.178 e. The Morgan fingerprint density at radius 2 is 2.30 bits per heavy atom. The molecular formula is C15H22N4S. The number of nitrogens with zero attached hydrogens (tertiary/aromatic N) is 3. The highest BCUT2D eigenvalue weighted by Gasteiger charge is 2.17. The van der Waals surface area contributed by atoms with Crippen molar-refractivity contribution in [2.45, 2.75) is 45.2 Å². The SMILES string of the molecule is CC1CCCCN1CCCn1c(=S)[nH]c2cnccc21. The van der Waals surface area contributed by atoms with Crippen LogP contribution in [0.1, 0.15) is 32.6 Å². The summed E-state index contributed by atoms with van der Waals surface area (Å²) in [4.78, 5) is 9.97. The topological polar surface area (TPSA) is 36.9 Å². The molecule has 20 heavy (non-hydrogen) atoms. The van der Waals surface area contributed by atoms with Crippen LogP contribution >= 0.6 is 12.2 Å². The van der Waals surface area contributed by atoms with Gasteiger partial charge in [-0.25, -0.2) is 0 Å². The summed E-state index contributed by atoms with van der Waals surface area (Å²) < 4.78 is 3.00. The molecule has 0 aliphatic carbocycles. The van der Waals surface area contributed by atoms with E-state index >= 15 is 0 Å². The second-order valence-corrected chi connectivity index (χ2v) is 6.10. The van der Waals surface area contributed by atoms with Crippen LogP contribution in [-0.2, 0) is 6.54 Å². The Labute approximate surface area is 124 Å². The molecule has 3 rings (SSSR count). The van der Waals surface area contributed by atoms with E-state index in [4.69, 9.17) is 12.2 Å². The van der Waals surface area contributed by atoms with Crippen LogP contribution in [0, 0.1) is 4.77 Å². The normalized spacial score (nSPS) is 20.6. The Hall–Kier alpha value is -1.20. The van der Waals surface area contributed by atoms with Gasteiger partial charge in [0.15, 0.2) is 4.77 Å². The monoisotopic (exact) mass is 290 g/mol. The summed E-state index contributed by atoms with van der Waals surface area (Å²) in [5.74, 6) is 0. The highest BCUT2D eigenvalue weighted by Crippen LogP contribution is 2.17. The maximum atomic E-state index is 5.41. The molecule has 0 spiro atoms. The van der Waals surface area contributed by atoms with Crippen molar-refractivity contribution in [1.29, 1.82) is 0 Å². The molecule has 0 aromatic carbocycles. The fourth-order valence-electron chi connectivity index (χ4n) is 3.15. The zero-order valence-electron chi connectivity index (χ0n) is 12.0. The molecule has 1 aliphatic heterocycles. The maximum Gasteiger partial charge on any atom is 0.178 e. The number of imidazole rings is 1. The Morgan fingerprint density at radius 1 is 1.40 bits per heavy atom. The fourth-order valence-corrected chi connectivity index (χ4v) is 3.45. The lowest BCUT2D eigenvalue weighted by Crippen LogP contribution is -2.38. The summed E-state index contributed by atoms with van der Waals surface area (Å²) in [6.45, 7) is 5.75. The first-order valence-corrected chi connectivity index (χ1v) is 7.93. The van der Waals surface area contributed by atoms with Crippen LogP contribution in [0.4, 0.5) is 0 Å². The van der Waals surface area contributed by atoms with Crippen molar-refractivity contribution in [3.05, 3.63) is 23.2 Å². The standard InChI is InChI=1S/C15H22N4S/c1-12-5-2-3-8-18(12)9-4-10-19-14-6-7-16-11-13(14)17-15(19)20/h6-7,11-12H,2-5,8-10H2,1H3,(H,17,20). The highest BCUT2D eigenvalue weighted by atomic mass is 32.1. The Bertz CT molecular complexity index is 630. The number of rotatable bonds is 4. The molecule has 1 fully saturated rings. The van der Waals surface area contributed by atoms with E-state index in [0.717, 1.165) is 34.8 Å². The lowest BCUT2D eigenvalue weighted by Gasteiger charge is -2.33. The predicted molar refractivity (Wildman–Crippen MR) is 84.4 cm³/mol. The van der Waals surface area contributed by atoms with Gasteiger partial charge in [-0.05, 0) is 51.0 Å². The summed E-state index contributed by atoms with van der Waals surface area (Å²) in [5, 5.41) is 0. The number of likely N-dealkylation sites (tertiary alicyclic amines) is 1. The molecule has 108 valence electrons. The van der Waals surface area contributed by atoms with Gasteiger partial charge in [-0.2, -0.15) is 0 Å². The lowest BCUT2D eigenvalue weighted by molar-refractivity contribution is 0.157. The summed E-state index contributed by atoms with van der Waals surface area (Å²) in [6.07, 6.45) is 8.90. The van der Waals surface area contributed by atoms with Crippen molar-refractivity contribution < 1.29 is 0 Å². The number of pyridine rings is 1. The third kappa shape index (κ3) is 2.79. The van der Waals surface area contributed by atoms with Gasteiger partial charge in [0, 0.05) is 25.3 Å². The number of aryl methyl sites for hydroxylation is 1. The molecule has 1 aliphatic rings. The molecule has 2 aromatic rings. The number of aromatic amines is 1. The first kappa shape index (κ1) is 13.8. The number of hydrogen-bond donors (Lipinski definition) is 1. The zero-order chi connectivity index (χ0) is 13.9. The van der Waals surface area contributed by atoms with E-state index in [1.165, 1.54) is 32.4 Å². The number of fused-ring (bicyclic) bond motifs is 1. The quantitative estimate of drug-likeness (QED) is 0.877. The minimum atomic E-state index is 0.740. The molecule has 0 bridgehead atoms. The number of nitrogens with one attached hydrogen (secondary N) is 1. The van der Waals surface area contributed by atoms with Crippen LogP contribution in [0.15, 0.2) is 18.5 Å². The van der Waals surface area contributed by atoms with Crippen molar-refractivity contribution >= 4 is 23.3 Å². The molecular weight excluding hydrogens is 268 g/mol. The third-order valence-corrected chi connectivity index (χ3v) is 4.67. The minimum Gasteiger partial charge on any atom is -0.329 e. The highest BCUT2D eigenvalue weighted by molar-refractivity contribution is 7.71. The molecule has 2 aromatic heterocycles. The van der Waals surface area contributed by atoms with E-state index < -0.39 is 0 Å². The van der Waals surface area contributed by atoms with E-state index in [0.29, 0.717) is 0 Å². The molecule has 0 saturated carbocycles. The minimum absolute atomic E-state index is 0.740. The van der Waals surface area contributed by atoms with Crippen molar-refractivity contribution in [2.75, 3.05) is 13.1 Å². The van der Waals surface area contributed by atoms with Gasteiger partial charge in [0.05, 0.1) is 17.2 Å². The molecule has 4 nitrogen and oxygen atoms in total. The molecule has 1 unspecified atom stereocenters. The van der Waals surface area contributed by atoms with Crippen molar-refractivity contribution in [1.82, 2.24) is 19.4 Å². The van der Waals surface area contributed by atoms with E-state index in [1.807, 2.05) is 18.5 Å². The van der Waals surface area contributed by atoms with Gasteiger partial charge in [0.2, 0.25) is 0 Å². The maximum absolute atomic E-state index is 5.41. The number of aromatic nitrogens is 3. The van der Waals surface area contributed by atoms with E-state index in [1.54, 1.807) is 0 Å². The molecule has 1 N–H and O–H groups in total. The second-order valence-electron chi connectivity index (χ2n) is 5.71. The zero-order valence-corrected chi connectivity index (χ0v) is 12.8. The Morgan fingerprint density at radius 3 is 3.15 bits per heavy atom. The summed E-state index contributed by atoms with van der Waals surface area (Å²) in [6, 6.07) is 2.77. The first-order valence-electron chi connectivity index (χ1n) is 7.52. The number of piperidine rings is 1. The number of hydrogen-bond acceptors (Lipinski definition) is 3. The summed E-state index contributed by atoms with van der Waals surface area (Å²) in [7, 11) is 0. The van der Waals surface area contributed by atoms with Crippen LogP contribution in [-0.4, -0.2) is 38.6 Å².